The van der Waals surface area contributed by atoms with Gasteiger partial charge in [0.1, 0.15) is 5.58 Å². The van der Waals surface area contributed by atoms with Crippen LogP contribution in [0.4, 0.5) is 0 Å². The molecule has 0 atom stereocenters. The van der Waals surface area contributed by atoms with E-state index in [1.165, 1.54) is 12.1 Å². The SMILES string of the molecule is CCOC(=O)c1oc2ccc(S(=O)(=O)NCC3=CCNCC3)cc2c1C. The summed E-state index contributed by atoms with van der Waals surface area (Å²) in [4.78, 5) is 12.1. The van der Waals surface area contributed by atoms with E-state index in [1.54, 1.807) is 19.9 Å². The third-order valence-corrected chi connectivity index (χ3v) is 5.72. The molecule has 2 heterocycles. The van der Waals surface area contributed by atoms with Crippen molar-refractivity contribution in [3.05, 3.63) is 41.2 Å². The number of hydrogen-bond acceptors (Lipinski definition) is 6. The number of furan rings is 1. The number of benzene rings is 1. The van der Waals surface area contributed by atoms with E-state index in [2.05, 4.69) is 10.0 Å². The van der Waals surface area contributed by atoms with Gasteiger partial charge in [-0.25, -0.2) is 17.9 Å². The fourth-order valence-electron chi connectivity index (χ4n) is 2.86. The Morgan fingerprint density at radius 3 is 2.88 bits per heavy atom. The lowest BCUT2D eigenvalue weighted by Crippen LogP contribution is -2.29. The first-order valence-corrected chi connectivity index (χ1v) is 9.99. The van der Waals surface area contributed by atoms with E-state index in [9.17, 15) is 13.2 Å². The summed E-state index contributed by atoms with van der Waals surface area (Å²) >= 11 is 0. The number of aryl methyl sites for hydroxylation is 1. The fraction of sp³-hybridized carbons (Fsp3) is 0.389. The smallest absolute Gasteiger partial charge is 0.374 e. The summed E-state index contributed by atoms with van der Waals surface area (Å²) in [5.74, 6) is -0.453. The average molecular weight is 378 g/mol. The van der Waals surface area contributed by atoms with Gasteiger partial charge in [0.05, 0.1) is 11.5 Å². The van der Waals surface area contributed by atoms with Gasteiger partial charge in [0.15, 0.2) is 0 Å². The molecule has 0 bridgehead atoms. The molecule has 0 saturated carbocycles. The van der Waals surface area contributed by atoms with Crippen molar-refractivity contribution >= 4 is 27.0 Å². The van der Waals surface area contributed by atoms with Crippen LogP contribution in [0.3, 0.4) is 0 Å². The molecule has 0 aliphatic carbocycles. The first-order chi connectivity index (χ1) is 12.4. The summed E-state index contributed by atoms with van der Waals surface area (Å²) in [5, 5.41) is 3.77. The van der Waals surface area contributed by atoms with E-state index >= 15 is 0 Å². The molecule has 2 aromatic rings. The summed E-state index contributed by atoms with van der Waals surface area (Å²) in [5.41, 5.74) is 2.08. The van der Waals surface area contributed by atoms with Gasteiger partial charge in [0.2, 0.25) is 15.8 Å². The second kappa shape index (κ2) is 7.61. The predicted octanol–water partition coefficient (Wildman–Crippen LogP) is 2.12. The predicted molar refractivity (Wildman–Crippen MR) is 97.7 cm³/mol. The molecule has 3 rings (SSSR count). The van der Waals surface area contributed by atoms with Gasteiger partial charge < -0.3 is 14.5 Å². The molecular weight excluding hydrogens is 356 g/mol. The maximum atomic E-state index is 12.6. The molecule has 0 unspecified atom stereocenters. The van der Waals surface area contributed by atoms with Gasteiger partial charge in [-0.2, -0.15) is 0 Å². The normalized spacial score (nSPS) is 15.1. The van der Waals surface area contributed by atoms with Crippen LogP contribution < -0.4 is 10.0 Å². The quantitative estimate of drug-likeness (QED) is 0.590. The van der Waals surface area contributed by atoms with Crippen LogP contribution in [0, 0.1) is 6.92 Å². The van der Waals surface area contributed by atoms with Crippen LogP contribution in [0.15, 0.2) is 39.2 Å². The molecule has 1 aromatic heterocycles. The highest BCUT2D eigenvalue weighted by atomic mass is 32.2. The number of nitrogens with one attached hydrogen (secondary N) is 2. The summed E-state index contributed by atoms with van der Waals surface area (Å²) < 4.78 is 38.3. The van der Waals surface area contributed by atoms with Gasteiger partial charge in [0.25, 0.3) is 0 Å². The summed E-state index contributed by atoms with van der Waals surface area (Å²) in [6, 6.07) is 4.55. The van der Waals surface area contributed by atoms with E-state index in [4.69, 9.17) is 9.15 Å². The molecule has 8 heteroatoms. The van der Waals surface area contributed by atoms with Crippen molar-refractivity contribution in [2.45, 2.75) is 25.2 Å². The number of hydrogen-bond donors (Lipinski definition) is 2. The minimum atomic E-state index is -3.66. The highest BCUT2D eigenvalue weighted by molar-refractivity contribution is 7.89. The van der Waals surface area contributed by atoms with Gasteiger partial charge >= 0.3 is 5.97 Å². The molecule has 0 radical (unpaired) electrons. The van der Waals surface area contributed by atoms with E-state index < -0.39 is 16.0 Å². The lowest BCUT2D eigenvalue weighted by atomic mass is 10.1. The Balaban J connectivity index is 1.86. The molecule has 1 aromatic carbocycles. The first kappa shape index (κ1) is 18.6. The Bertz CT molecular complexity index is 959. The van der Waals surface area contributed by atoms with Crippen LogP contribution in [-0.4, -0.2) is 40.6 Å². The summed E-state index contributed by atoms with van der Waals surface area (Å²) in [6.07, 6.45) is 2.83. The number of sulfonamides is 1. The van der Waals surface area contributed by atoms with Crippen molar-refractivity contribution < 1.29 is 22.4 Å². The Morgan fingerprint density at radius 2 is 2.19 bits per heavy atom. The zero-order valence-electron chi connectivity index (χ0n) is 14.8. The fourth-order valence-corrected chi connectivity index (χ4v) is 3.92. The van der Waals surface area contributed by atoms with Crippen LogP contribution in [0.25, 0.3) is 11.0 Å². The number of carbonyl (C=O) groups is 1. The van der Waals surface area contributed by atoms with Crippen LogP contribution in [0.1, 0.15) is 29.5 Å². The van der Waals surface area contributed by atoms with Crippen molar-refractivity contribution in [3.8, 4) is 0 Å². The van der Waals surface area contributed by atoms with Crippen LogP contribution >= 0.6 is 0 Å². The van der Waals surface area contributed by atoms with Crippen molar-refractivity contribution in [3.63, 3.8) is 0 Å². The second-order valence-corrected chi connectivity index (χ2v) is 7.84. The van der Waals surface area contributed by atoms with Gasteiger partial charge in [-0.05, 0) is 45.0 Å². The van der Waals surface area contributed by atoms with E-state index in [0.717, 1.165) is 25.1 Å². The van der Waals surface area contributed by atoms with Crippen LogP contribution in [0.2, 0.25) is 0 Å². The van der Waals surface area contributed by atoms with Gasteiger partial charge in [-0.15, -0.1) is 0 Å². The minimum absolute atomic E-state index is 0.101. The molecule has 1 aliphatic rings. The molecule has 7 nitrogen and oxygen atoms in total. The van der Waals surface area contributed by atoms with Crippen molar-refractivity contribution in [1.82, 2.24) is 10.0 Å². The molecule has 0 fully saturated rings. The maximum absolute atomic E-state index is 12.6. The number of carbonyl (C=O) groups excluding carboxylic acids is 1. The number of fused-ring (bicyclic) bond motifs is 1. The number of esters is 1. The molecule has 0 amide bonds. The maximum Gasteiger partial charge on any atom is 0.374 e. The minimum Gasteiger partial charge on any atom is -0.460 e. The molecule has 140 valence electrons. The monoisotopic (exact) mass is 378 g/mol. The molecule has 1 aliphatic heterocycles. The van der Waals surface area contributed by atoms with E-state index in [0.29, 0.717) is 23.1 Å². The molecule has 0 spiro atoms. The Labute approximate surface area is 152 Å². The van der Waals surface area contributed by atoms with Crippen molar-refractivity contribution in [2.24, 2.45) is 0 Å². The molecule has 2 N–H and O–H groups in total. The lowest BCUT2D eigenvalue weighted by molar-refractivity contribution is 0.0491. The lowest BCUT2D eigenvalue weighted by Gasteiger charge is -2.14. The number of rotatable bonds is 6. The zero-order chi connectivity index (χ0) is 18.7. The van der Waals surface area contributed by atoms with Crippen LogP contribution in [0.5, 0.6) is 0 Å². The van der Waals surface area contributed by atoms with Crippen LogP contribution in [-0.2, 0) is 14.8 Å². The Morgan fingerprint density at radius 1 is 1.38 bits per heavy atom. The van der Waals surface area contributed by atoms with Crippen molar-refractivity contribution in [1.29, 1.82) is 0 Å². The standard InChI is InChI=1S/C18H22N2O5S/c1-3-24-18(21)17-12(2)15-10-14(4-5-16(15)25-17)26(22,23)20-11-13-6-8-19-9-7-13/h4-6,10,19-20H,3,7-9,11H2,1-2H3. The Kier molecular flexibility index (Phi) is 5.45. The Hall–Kier alpha value is -2.16. The topological polar surface area (TPSA) is 97.6 Å². The highest BCUT2D eigenvalue weighted by Crippen LogP contribution is 2.28. The third kappa shape index (κ3) is 3.82. The van der Waals surface area contributed by atoms with E-state index in [1.807, 2.05) is 6.08 Å². The third-order valence-electron chi connectivity index (χ3n) is 4.33. The second-order valence-electron chi connectivity index (χ2n) is 6.08. The van der Waals surface area contributed by atoms with Gasteiger partial charge in [0, 0.05) is 24.0 Å². The van der Waals surface area contributed by atoms with Gasteiger partial charge in [-0.1, -0.05) is 11.6 Å². The summed E-state index contributed by atoms with van der Waals surface area (Å²) in [7, 11) is -3.66. The summed E-state index contributed by atoms with van der Waals surface area (Å²) in [6.45, 7) is 5.56. The van der Waals surface area contributed by atoms with E-state index in [-0.39, 0.29) is 17.3 Å². The molecule has 0 saturated heterocycles. The molecular formula is C18H22N2O5S. The first-order valence-electron chi connectivity index (χ1n) is 8.51. The van der Waals surface area contributed by atoms with Gasteiger partial charge in [-0.3, -0.25) is 0 Å². The largest absolute Gasteiger partial charge is 0.460 e. The zero-order valence-corrected chi connectivity index (χ0v) is 15.6. The average Bonchev–Trinajstić information content (AvgIpc) is 2.98. The number of ether oxygens (including phenoxy) is 1. The highest BCUT2D eigenvalue weighted by Gasteiger charge is 2.21. The van der Waals surface area contributed by atoms with Crippen molar-refractivity contribution in [2.75, 3.05) is 26.2 Å². The molecule has 26 heavy (non-hydrogen) atoms.